The molecule has 0 aliphatic carbocycles. The normalized spacial score (nSPS) is 11.1. The number of aryl methyl sites for hydroxylation is 3. The molecule has 0 aliphatic heterocycles. The Labute approximate surface area is 145 Å². The molecule has 7 heteroatoms. The number of nitrogens with one attached hydrogen (secondary N) is 1. The van der Waals surface area contributed by atoms with Crippen LogP contribution in [0.5, 0.6) is 0 Å². The number of carbonyl (C=O) groups is 1. The molecule has 0 radical (unpaired) electrons. The van der Waals surface area contributed by atoms with Crippen molar-refractivity contribution in [1.29, 1.82) is 0 Å². The van der Waals surface area contributed by atoms with Crippen LogP contribution in [0.2, 0.25) is 5.02 Å². The summed E-state index contributed by atoms with van der Waals surface area (Å²) in [6.45, 7) is 5.73. The maximum atomic E-state index is 12.0. The molecule has 0 unspecified atom stereocenters. The summed E-state index contributed by atoms with van der Waals surface area (Å²) in [5.74, 6) is 0.00205. The minimum absolute atomic E-state index is 0.00205. The van der Waals surface area contributed by atoms with Crippen molar-refractivity contribution in [3.63, 3.8) is 0 Å². The van der Waals surface area contributed by atoms with E-state index < -0.39 is 0 Å². The van der Waals surface area contributed by atoms with E-state index in [2.05, 4.69) is 15.5 Å². The van der Waals surface area contributed by atoms with Gasteiger partial charge in [0.1, 0.15) is 0 Å². The molecular weight excluding hydrogens is 326 g/mol. The fourth-order valence-electron chi connectivity index (χ4n) is 2.74. The molecule has 3 rings (SSSR count). The Morgan fingerprint density at radius 2 is 2.08 bits per heavy atom. The van der Waals surface area contributed by atoms with Gasteiger partial charge in [0.25, 0.3) is 0 Å². The van der Waals surface area contributed by atoms with Gasteiger partial charge in [-0.1, -0.05) is 17.7 Å². The van der Waals surface area contributed by atoms with Crippen molar-refractivity contribution < 1.29 is 4.79 Å². The fourth-order valence-corrected chi connectivity index (χ4v) is 2.96. The van der Waals surface area contributed by atoms with Crippen molar-refractivity contribution in [3.05, 3.63) is 46.9 Å². The molecule has 24 heavy (non-hydrogen) atoms. The van der Waals surface area contributed by atoms with Crippen LogP contribution in [0, 0.1) is 13.8 Å². The van der Waals surface area contributed by atoms with E-state index in [4.69, 9.17) is 11.6 Å². The van der Waals surface area contributed by atoms with Gasteiger partial charge in [-0.3, -0.25) is 14.2 Å². The number of aromatic nitrogens is 4. The first-order valence-corrected chi connectivity index (χ1v) is 8.30. The van der Waals surface area contributed by atoms with Crippen molar-refractivity contribution in [2.24, 2.45) is 0 Å². The molecule has 6 nitrogen and oxygen atoms in total. The summed E-state index contributed by atoms with van der Waals surface area (Å²) < 4.78 is 3.71. The van der Waals surface area contributed by atoms with Gasteiger partial charge >= 0.3 is 0 Å². The number of fused-ring (bicyclic) bond motifs is 1. The first-order valence-electron chi connectivity index (χ1n) is 7.92. The summed E-state index contributed by atoms with van der Waals surface area (Å²) in [5.41, 5.74) is 3.03. The molecule has 2 aromatic heterocycles. The molecule has 1 N–H and O–H groups in total. The van der Waals surface area contributed by atoms with Crippen LogP contribution in [0.15, 0.2) is 30.5 Å². The SMILES string of the molecule is Cc1cc(C)n(CCNC(=O)CCn2ncc3c(Cl)cccc32)n1. The standard InChI is InChI=1S/C17H20ClN5O/c1-12-10-13(2)22(21-12)9-7-19-17(24)6-8-23-16-5-3-4-15(18)14(16)11-20-23/h3-5,10-11H,6-9H2,1-2H3,(H,19,24). The lowest BCUT2D eigenvalue weighted by Crippen LogP contribution is -2.28. The second-order valence-electron chi connectivity index (χ2n) is 5.79. The van der Waals surface area contributed by atoms with E-state index in [1.165, 1.54) is 0 Å². The molecule has 126 valence electrons. The number of nitrogens with zero attached hydrogens (tertiary/aromatic N) is 4. The Hall–Kier alpha value is -2.34. The first-order chi connectivity index (χ1) is 11.5. The third-order valence-electron chi connectivity index (χ3n) is 3.93. The average molecular weight is 346 g/mol. The van der Waals surface area contributed by atoms with E-state index in [1.54, 1.807) is 6.20 Å². The van der Waals surface area contributed by atoms with E-state index in [0.717, 1.165) is 22.3 Å². The predicted molar refractivity (Wildman–Crippen MR) is 94.1 cm³/mol. The lowest BCUT2D eigenvalue weighted by atomic mass is 10.2. The molecule has 3 aromatic rings. The van der Waals surface area contributed by atoms with Gasteiger partial charge in [-0.15, -0.1) is 0 Å². The number of hydrogen-bond acceptors (Lipinski definition) is 3. The van der Waals surface area contributed by atoms with Crippen LogP contribution < -0.4 is 5.32 Å². The fraction of sp³-hybridized carbons (Fsp3) is 0.353. The summed E-state index contributed by atoms with van der Waals surface area (Å²) >= 11 is 6.13. The predicted octanol–water partition coefficient (Wildman–Crippen LogP) is 2.71. The van der Waals surface area contributed by atoms with Crippen LogP contribution in [0.4, 0.5) is 0 Å². The maximum Gasteiger partial charge on any atom is 0.221 e. The van der Waals surface area contributed by atoms with Crippen LogP contribution in [0.1, 0.15) is 17.8 Å². The van der Waals surface area contributed by atoms with Gasteiger partial charge in [0.15, 0.2) is 0 Å². The Kier molecular flexibility index (Phi) is 4.85. The number of benzene rings is 1. The number of amides is 1. The Bertz CT molecular complexity index is 867. The van der Waals surface area contributed by atoms with Crippen molar-refractivity contribution in [1.82, 2.24) is 24.9 Å². The average Bonchev–Trinajstić information content (AvgIpc) is 3.09. The topological polar surface area (TPSA) is 64.7 Å². The molecule has 0 atom stereocenters. The Balaban J connectivity index is 1.50. The monoisotopic (exact) mass is 345 g/mol. The summed E-state index contributed by atoms with van der Waals surface area (Å²) in [7, 11) is 0. The lowest BCUT2D eigenvalue weighted by Gasteiger charge is -2.08. The van der Waals surface area contributed by atoms with E-state index in [1.807, 2.05) is 47.5 Å². The van der Waals surface area contributed by atoms with Gasteiger partial charge in [0, 0.05) is 24.0 Å². The van der Waals surface area contributed by atoms with Gasteiger partial charge in [0.05, 0.1) is 35.5 Å². The van der Waals surface area contributed by atoms with Crippen LogP contribution in [0.25, 0.3) is 10.9 Å². The molecule has 0 fully saturated rings. The lowest BCUT2D eigenvalue weighted by molar-refractivity contribution is -0.121. The van der Waals surface area contributed by atoms with E-state index >= 15 is 0 Å². The van der Waals surface area contributed by atoms with Gasteiger partial charge in [-0.25, -0.2) is 0 Å². The zero-order chi connectivity index (χ0) is 17.1. The smallest absolute Gasteiger partial charge is 0.221 e. The molecule has 2 heterocycles. The molecule has 1 amide bonds. The van der Waals surface area contributed by atoms with Crippen molar-refractivity contribution in [2.45, 2.75) is 33.4 Å². The number of hydrogen-bond donors (Lipinski definition) is 1. The molecule has 0 saturated carbocycles. The number of halogens is 1. The highest BCUT2D eigenvalue weighted by Crippen LogP contribution is 2.22. The van der Waals surface area contributed by atoms with Crippen LogP contribution in [0.3, 0.4) is 0 Å². The third-order valence-corrected chi connectivity index (χ3v) is 4.26. The molecular formula is C17H20ClN5O. The quantitative estimate of drug-likeness (QED) is 0.747. The molecule has 1 aromatic carbocycles. The molecule has 0 aliphatic rings. The van der Waals surface area contributed by atoms with Gasteiger partial charge in [-0.05, 0) is 32.0 Å². The van der Waals surface area contributed by atoms with Crippen molar-refractivity contribution in [2.75, 3.05) is 6.54 Å². The molecule has 0 spiro atoms. The van der Waals surface area contributed by atoms with Crippen LogP contribution in [-0.4, -0.2) is 32.0 Å². The van der Waals surface area contributed by atoms with E-state index in [0.29, 0.717) is 31.1 Å². The largest absolute Gasteiger partial charge is 0.354 e. The Morgan fingerprint density at radius 3 is 2.83 bits per heavy atom. The summed E-state index contributed by atoms with van der Waals surface area (Å²) in [5, 5.41) is 13.2. The van der Waals surface area contributed by atoms with Crippen molar-refractivity contribution >= 4 is 28.4 Å². The molecule has 0 bridgehead atoms. The minimum Gasteiger partial charge on any atom is -0.354 e. The zero-order valence-electron chi connectivity index (χ0n) is 13.8. The minimum atomic E-state index is 0.00205. The number of rotatable bonds is 6. The van der Waals surface area contributed by atoms with E-state index in [-0.39, 0.29) is 5.91 Å². The van der Waals surface area contributed by atoms with Gasteiger partial charge < -0.3 is 5.32 Å². The zero-order valence-corrected chi connectivity index (χ0v) is 14.5. The molecule has 0 saturated heterocycles. The highest BCUT2D eigenvalue weighted by Gasteiger charge is 2.08. The van der Waals surface area contributed by atoms with Gasteiger partial charge in [0.2, 0.25) is 5.91 Å². The first kappa shape index (κ1) is 16.5. The third kappa shape index (κ3) is 3.59. The maximum absolute atomic E-state index is 12.0. The Morgan fingerprint density at radius 1 is 1.25 bits per heavy atom. The highest BCUT2D eigenvalue weighted by atomic mass is 35.5. The van der Waals surface area contributed by atoms with Gasteiger partial charge in [-0.2, -0.15) is 10.2 Å². The second-order valence-corrected chi connectivity index (χ2v) is 6.20. The summed E-state index contributed by atoms with van der Waals surface area (Å²) in [6.07, 6.45) is 2.11. The van der Waals surface area contributed by atoms with Crippen LogP contribution >= 0.6 is 11.6 Å². The second kappa shape index (κ2) is 7.05. The van der Waals surface area contributed by atoms with E-state index in [9.17, 15) is 4.79 Å². The summed E-state index contributed by atoms with van der Waals surface area (Å²) in [6, 6.07) is 7.70. The highest BCUT2D eigenvalue weighted by molar-refractivity contribution is 6.35. The van der Waals surface area contributed by atoms with Crippen LogP contribution in [-0.2, 0) is 17.9 Å². The summed E-state index contributed by atoms with van der Waals surface area (Å²) in [4.78, 5) is 12.0. The number of carbonyl (C=O) groups excluding carboxylic acids is 1. The van der Waals surface area contributed by atoms with Crippen molar-refractivity contribution in [3.8, 4) is 0 Å².